The number of carbonyl (C=O) groups is 1. The first-order chi connectivity index (χ1) is 12.4. The zero-order chi connectivity index (χ0) is 18.8. The van der Waals surface area contributed by atoms with E-state index < -0.39 is 5.69 Å². The smallest absolute Gasteiger partial charge is 0.326 e. The van der Waals surface area contributed by atoms with Gasteiger partial charge in [-0.05, 0) is 47.2 Å². The highest BCUT2D eigenvalue weighted by Gasteiger charge is 2.14. The van der Waals surface area contributed by atoms with E-state index in [2.05, 4.69) is 32.9 Å². The number of aromatic nitrogens is 4. The highest BCUT2D eigenvalue weighted by atomic mass is 127. The molecule has 0 saturated carbocycles. The summed E-state index contributed by atoms with van der Waals surface area (Å²) < 4.78 is 5.14. The molecule has 0 spiro atoms. The number of nitrogens with zero attached hydrogens (tertiary/aromatic N) is 4. The second kappa shape index (κ2) is 7.44. The molecule has 8 nitrogen and oxygen atoms in total. The first kappa shape index (κ1) is 18.4. The van der Waals surface area contributed by atoms with E-state index in [1.165, 1.54) is 17.9 Å². The fraction of sp³-hybridized carbons (Fsp3) is 0.294. The number of carbonyl (C=O) groups excluding carboxylic acids is 1. The molecule has 3 rings (SSSR count). The van der Waals surface area contributed by atoms with Crippen LogP contribution in [-0.2, 0) is 25.4 Å². The molecule has 3 aromatic rings. The first-order valence-electron chi connectivity index (χ1n) is 8.04. The maximum Gasteiger partial charge on any atom is 0.332 e. The Kier molecular flexibility index (Phi) is 5.25. The molecule has 136 valence electrons. The van der Waals surface area contributed by atoms with Gasteiger partial charge in [0.25, 0.3) is 5.56 Å². The predicted octanol–water partition coefficient (Wildman–Crippen LogP) is 1.46. The second-order valence-corrected chi connectivity index (χ2v) is 7.22. The summed E-state index contributed by atoms with van der Waals surface area (Å²) in [7, 11) is 3.02. The van der Waals surface area contributed by atoms with Gasteiger partial charge in [0.2, 0.25) is 5.91 Å². The van der Waals surface area contributed by atoms with E-state index in [-0.39, 0.29) is 11.5 Å². The van der Waals surface area contributed by atoms with Crippen molar-refractivity contribution in [2.24, 2.45) is 14.1 Å². The van der Waals surface area contributed by atoms with Gasteiger partial charge < -0.3 is 9.88 Å². The summed E-state index contributed by atoms with van der Waals surface area (Å²) in [5.41, 5.74) is 0.682. The monoisotopic (exact) mass is 467 g/mol. The van der Waals surface area contributed by atoms with E-state index in [4.69, 9.17) is 0 Å². The number of benzene rings is 1. The molecular weight excluding hydrogens is 449 g/mol. The van der Waals surface area contributed by atoms with Gasteiger partial charge in [-0.15, -0.1) is 0 Å². The molecule has 2 heterocycles. The molecular formula is C17H18IN5O3. The van der Waals surface area contributed by atoms with Gasteiger partial charge in [-0.2, -0.15) is 0 Å². The van der Waals surface area contributed by atoms with Crippen LogP contribution in [0.5, 0.6) is 0 Å². The van der Waals surface area contributed by atoms with E-state index in [1.807, 2.05) is 24.3 Å². The molecule has 0 aliphatic heterocycles. The van der Waals surface area contributed by atoms with Crippen molar-refractivity contribution >= 4 is 45.3 Å². The van der Waals surface area contributed by atoms with Crippen LogP contribution >= 0.6 is 22.6 Å². The van der Waals surface area contributed by atoms with Crippen LogP contribution in [0.4, 0.5) is 5.69 Å². The molecule has 1 N–H and O–H groups in total. The third-order valence-electron chi connectivity index (χ3n) is 4.13. The van der Waals surface area contributed by atoms with Crippen molar-refractivity contribution in [2.45, 2.75) is 19.4 Å². The van der Waals surface area contributed by atoms with Crippen LogP contribution in [-0.4, -0.2) is 24.6 Å². The van der Waals surface area contributed by atoms with Crippen molar-refractivity contribution in [2.75, 3.05) is 5.32 Å². The Morgan fingerprint density at radius 2 is 2.00 bits per heavy atom. The molecule has 0 atom stereocenters. The number of nitrogens with one attached hydrogen (secondary N) is 1. The van der Waals surface area contributed by atoms with Crippen LogP contribution in [0.3, 0.4) is 0 Å². The van der Waals surface area contributed by atoms with Crippen LogP contribution in [0.2, 0.25) is 0 Å². The van der Waals surface area contributed by atoms with E-state index >= 15 is 0 Å². The molecule has 0 fully saturated rings. The van der Waals surface area contributed by atoms with Crippen LogP contribution in [0, 0.1) is 3.57 Å². The van der Waals surface area contributed by atoms with Crippen LogP contribution in [0.25, 0.3) is 11.2 Å². The summed E-state index contributed by atoms with van der Waals surface area (Å²) in [6.07, 6.45) is 2.40. The molecule has 0 aliphatic carbocycles. The molecule has 0 saturated heterocycles. The third kappa shape index (κ3) is 3.57. The molecule has 1 aromatic carbocycles. The summed E-state index contributed by atoms with van der Waals surface area (Å²) in [6.45, 7) is 0.462. The minimum absolute atomic E-state index is 0.0864. The number of rotatable bonds is 5. The molecule has 26 heavy (non-hydrogen) atoms. The lowest BCUT2D eigenvalue weighted by Gasteiger charge is -2.08. The lowest BCUT2D eigenvalue weighted by atomic mass is 10.2. The van der Waals surface area contributed by atoms with Gasteiger partial charge in [0.05, 0.1) is 6.33 Å². The molecule has 1 amide bonds. The fourth-order valence-electron chi connectivity index (χ4n) is 2.77. The summed E-state index contributed by atoms with van der Waals surface area (Å²) >= 11 is 2.19. The molecule has 0 aliphatic rings. The molecule has 0 radical (unpaired) electrons. The Morgan fingerprint density at radius 1 is 1.23 bits per heavy atom. The van der Waals surface area contributed by atoms with Gasteiger partial charge >= 0.3 is 5.69 Å². The van der Waals surface area contributed by atoms with Crippen LogP contribution in [0.15, 0.2) is 40.2 Å². The molecule has 0 unspecified atom stereocenters. The zero-order valence-electron chi connectivity index (χ0n) is 14.4. The van der Waals surface area contributed by atoms with Crippen molar-refractivity contribution in [3.05, 3.63) is 55.0 Å². The summed E-state index contributed by atoms with van der Waals surface area (Å²) in [5, 5.41) is 2.86. The highest BCUT2D eigenvalue weighted by molar-refractivity contribution is 14.1. The minimum atomic E-state index is -0.412. The third-order valence-corrected chi connectivity index (χ3v) is 4.80. The largest absolute Gasteiger partial charge is 0.332 e. The molecule has 2 aromatic heterocycles. The maximum atomic E-state index is 12.4. The standard InChI is InChI=1S/C17H18IN5O3/c1-21-15-14(16(25)22(2)17(21)26)23(10-19-15)8-4-7-13(24)20-12-6-3-5-11(18)9-12/h3,5-6,9-10H,4,7-8H2,1-2H3,(H,20,24). The quantitative estimate of drug-likeness (QED) is 0.576. The number of imidazole rings is 1. The van der Waals surface area contributed by atoms with Crippen molar-refractivity contribution < 1.29 is 4.79 Å². The second-order valence-electron chi connectivity index (χ2n) is 5.98. The average Bonchev–Trinajstić information content (AvgIpc) is 3.02. The Labute approximate surface area is 162 Å². The maximum absolute atomic E-state index is 12.4. The Morgan fingerprint density at radius 3 is 2.73 bits per heavy atom. The van der Waals surface area contributed by atoms with Gasteiger partial charge in [0, 0.05) is 36.3 Å². The number of hydrogen-bond acceptors (Lipinski definition) is 4. The van der Waals surface area contributed by atoms with Crippen molar-refractivity contribution in [1.82, 2.24) is 18.7 Å². The topological polar surface area (TPSA) is 90.9 Å². The van der Waals surface area contributed by atoms with Crippen LogP contribution in [0.1, 0.15) is 12.8 Å². The normalized spacial score (nSPS) is 11.0. The number of amides is 1. The van der Waals surface area contributed by atoms with E-state index in [9.17, 15) is 14.4 Å². The highest BCUT2D eigenvalue weighted by Crippen LogP contribution is 2.13. The van der Waals surface area contributed by atoms with E-state index in [0.717, 1.165) is 13.8 Å². The lowest BCUT2D eigenvalue weighted by Crippen LogP contribution is -2.37. The fourth-order valence-corrected chi connectivity index (χ4v) is 3.31. The van der Waals surface area contributed by atoms with E-state index in [1.54, 1.807) is 11.6 Å². The Balaban J connectivity index is 1.70. The number of aryl methyl sites for hydroxylation is 2. The van der Waals surface area contributed by atoms with Gasteiger partial charge in [-0.25, -0.2) is 9.78 Å². The number of halogens is 1. The van der Waals surface area contributed by atoms with E-state index in [0.29, 0.717) is 30.6 Å². The summed E-state index contributed by atoms with van der Waals surface area (Å²) in [6, 6.07) is 7.57. The minimum Gasteiger partial charge on any atom is -0.326 e. The van der Waals surface area contributed by atoms with Gasteiger partial charge in [0.15, 0.2) is 11.2 Å². The van der Waals surface area contributed by atoms with Crippen molar-refractivity contribution in [3.63, 3.8) is 0 Å². The van der Waals surface area contributed by atoms with Gasteiger partial charge in [0.1, 0.15) is 0 Å². The summed E-state index contributed by atoms with van der Waals surface area (Å²) in [5.74, 6) is -0.0864. The van der Waals surface area contributed by atoms with Crippen molar-refractivity contribution in [3.8, 4) is 0 Å². The average molecular weight is 467 g/mol. The van der Waals surface area contributed by atoms with Gasteiger partial charge in [-0.1, -0.05) is 6.07 Å². The number of hydrogen-bond donors (Lipinski definition) is 1. The predicted molar refractivity (Wildman–Crippen MR) is 107 cm³/mol. The summed E-state index contributed by atoms with van der Waals surface area (Å²) in [4.78, 5) is 40.6. The number of anilines is 1. The zero-order valence-corrected chi connectivity index (χ0v) is 16.6. The van der Waals surface area contributed by atoms with Crippen molar-refractivity contribution in [1.29, 1.82) is 0 Å². The Bertz CT molecular complexity index is 1100. The Hall–Kier alpha value is -2.43. The SMILES string of the molecule is Cn1c(=O)c2c(ncn2CCCC(=O)Nc2cccc(I)c2)n(C)c1=O. The number of fused-ring (bicyclic) bond motifs is 1. The van der Waals surface area contributed by atoms with Crippen LogP contribution < -0.4 is 16.6 Å². The first-order valence-corrected chi connectivity index (χ1v) is 9.12. The van der Waals surface area contributed by atoms with Gasteiger partial charge in [-0.3, -0.25) is 18.7 Å². The lowest BCUT2D eigenvalue weighted by molar-refractivity contribution is -0.116. The molecule has 9 heteroatoms. The molecule has 0 bridgehead atoms.